The summed E-state index contributed by atoms with van der Waals surface area (Å²) in [5.74, 6) is 0.862. The van der Waals surface area contributed by atoms with Crippen molar-refractivity contribution in [3.8, 4) is 5.75 Å². The molecule has 0 bridgehead atoms. The number of para-hydroxylation sites is 1. The van der Waals surface area contributed by atoms with Gasteiger partial charge in [-0.1, -0.05) is 32.0 Å². The molecule has 0 saturated carbocycles. The Labute approximate surface area is 103 Å². The van der Waals surface area contributed by atoms with Crippen molar-refractivity contribution in [2.45, 2.75) is 32.7 Å². The summed E-state index contributed by atoms with van der Waals surface area (Å²) in [6.45, 7) is 7.27. The summed E-state index contributed by atoms with van der Waals surface area (Å²) in [5.41, 5.74) is 1.25. The number of benzene rings is 1. The third-order valence-electron chi connectivity index (χ3n) is 3.12. The van der Waals surface area contributed by atoms with Gasteiger partial charge in [0.15, 0.2) is 5.75 Å². The Morgan fingerprint density at radius 1 is 1.18 bits per heavy atom. The summed E-state index contributed by atoms with van der Waals surface area (Å²) >= 11 is 0. The molecule has 0 aliphatic carbocycles. The number of fused-ring (bicyclic) bond motifs is 1. The lowest BCUT2D eigenvalue weighted by atomic mass is 10.0. The molecule has 1 aliphatic rings. The zero-order valence-corrected chi connectivity index (χ0v) is 10.7. The summed E-state index contributed by atoms with van der Waals surface area (Å²) in [4.78, 5) is 13.0. The molecular formula is C14H21NO2. The fourth-order valence-electron chi connectivity index (χ4n) is 2.38. The van der Waals surface area contributed by atoms with Crippen molar-refractivity contribution in [1.82, 2.24) is 4.90 Å². The Hall–Kier alpha value is -1.06. The van der Waals surface area contributed by atoms with Crippen LogP contribution in [0.3, 0.4) is 0 Å². The van der Waals surface area contributed by atoms with Gasteiger partial charge in [0.2, 0.25) is 0 Å². The number of nitrogens with zero attached hydrogens (tertiary/aromatic N) is 1. The third-order valence-corrected chi connectivity index (χ3v) is 3.12. The van der Waals surface area contributed by atoms with E-state index in [-0.39, 0.29) is 0 Å². The van der Waals surface area contributed by atoms with Gasteiger partial charge in [0, 0.05) is 5.56 Å². The fourth-order valence-corrected chi connectivity index (χ4v) is 2.38. The molecule has 94 valence electrons. The molecule has 0 spiro atoms. The first kappa shape index (κ1) is 12.4. The highest BCUT2D eigenvalue weighted by Gasteiger charge is 2.27. The van der Waals surface area contributed by atoms with E-state index in [4.69, 9.17) is 9.78 Å². The molecule has 3 nitrogen and oxygen atoms in total. The maximum Gasteiger partial charge on any atom is 0.170 e. The van der Waals surface area contributed by atoms with Crippen molar-refractivity contribution in [3.63, 3.8) is 0 Å². The van der Waals surface area contributed by atoms with E-state index >= 15 is 0 Å². The van der Waals surface area contributed by atoms with Crippen LogP contribution in [-0.2, 0) is 4.89 Å². The Morgan fingerprint density at radius 3 is 2.59 bits per heavy atom. The monoisotopic (exact) mass is 235 g/mol. The van der Waals surface area contributed by atoms with Crippen LogP contribution in [0.15, 0.2) is 24.3 Å². The van der Waals surface area contributed by atoms with Gasteiger partial charge in [-0.25, -0.2) is 0 Å². The van der Waals surface area contributed by atoms with Crippen LogP contribution in [0.1, 0.15) is 38.3 Å². The van der Waals surface area contributed by atoms with Gasteiger partial charge in [0.05, 0.1) is 6.04 Å². The second-order valence-electron chi connectivity index (χ2n) is 4.46. The first-order chi connectivity index (χ1) is 8.36. The van der Waals surface area contributed by atoms with Crippen molar-refractivity contribution in [3.05, 3.63) is 29.8 Å². The van der Waals surface area contributed by atoms with E-state index in [1.165, 1.54) is 18.4 Å². The molecule has 0 N–H and O–H groups in total. The van der Waals surface area contributed by atoms with Gasteiger partial charge in [-0.3, -0.25) is 4.90 Å². The maximum atomic E-state index is 5.24. The lowest BCUT2D eigenvalue weighted by molar-refractivity contribution is -0.232. The van der Waals surface area contributed by atoms with Gasteiger partial charge in [-0.15, -0.1) is 0 Å². The van der Waals surface area contributed by atoms with Crippen LogP contribution in [0.5, 0.6) is 5.75 Å². The normalized spacial score (nSPS) is 18.9. The minimum Gasteiger partial charge on any atom is -0.337 e. The molecule has 1 unspecified atom stereocenters. The molecule has 1 heterocycles. The van der Waals surface area contributed by atoms with Gasteiger partial charge in [-0.2, -0.15) is 4.89 Å². The lowest BCUT2D eigenvalue weighted by Gasteiger charge is -2.34. The van der Waals surface area contributed by atoms with Crippen LogP contribution in [0.4, 0.5) is 0 Å². The van der Waals surface area contributed by atoms with Crippen molar-refractivity contribution in [2.24, 2.45) is 0 Å². The van der Waals surface area contributed by atoms with Crippen molar-refractivity contribution in [2.75, 3.05) is 19.7 Å². The minimum absolute atomic E-state index is 0.333. The van der Waals surface area contributed by atoms with Crippen molar-refractivity contribution >= 4 is 0 Å². The molecule has 1 aromatic carbocycles. The van der Waals surface area contributed by atoms with E-state index in [0.717, 1.165) is 18.8 Å². The molecule has 0 radical (unpaired) electrons. The molecule has 0 fully saturated rings. The van der Waals surface area contributed by atoms with Crippen LogP contribution in [0, 0.1) is 0 Å². The zero-order chi connectivity index (χ0) is 12.1. The molecular weight excluding hydrogens is 214 g/mol. The summed E-state index contributed by atoms with van der Waals surface area (Å²) in [7, 11) is 0. The van der Waals surface area contributed by atoms with Crippen LogP contribution in [-0.4, -0.2) is 24.6 Å². The predicted octanol–water partition coefficient (Wildman–Crippen LogP) is 3.17. The first-order valence-electron chi connectivity index (χ1n) is 6.49. The SMILES string of the molecule is CCCN(CCC)C1COOc2ccccc21. The second-order valence-corrected chi connectivity index (χ2v) is 4.46. The smallest absolute Gasteiger partial charge is 0.170 e. The number of hydrogen-bond donors (Lipinski definition) is 0. The quantitative estimate of drug-likeness (QED) is 0.732. The van der Waals surface area contributed by atoms with Crippen molar-refractivity contribution < 1.29 is 9.78 Å². The number of rotatable bonds is 5. The van der Waals surface area contributed by atoms with Gasteiger partial charge in [0.25, 0.3) is 0 Å². The summed E-state index contributed by atoms with van der Waals surface area (Å²) in [6, 6.07) is 8.49. The van der Waals surface area contributed by atoms with E-state index in [0.29, 0.717) is 12.6 Å². The number of hydrogen-bond acceptors (Lipinski definition) is 3. The summed E-state index contributed by atoms with van der Waals surface area (Å²) in [6.07, 6.45) is 2.33. The maximum absolute atomic E-state index is 5.24. The molecule has 1 atom stereocenters. The topological polar surface area (TPSA) is 21.7 Å². The summed E-state index contributed by atoms with van der Waals surface area (Å²) < 4.78 is 0. The highest BCUT2D eigenvalue weighted by Crippen LogP contribution is 2.33. The molecule has 0 aromatic heterocycles. The largest absolute Gasteiger partial charge is 0.337 e. The van der Waals surface area contributed by atoms with E-state index < -0.39 is 0 Å². The zero-order valence-electron chi connectivity index (χ0n) is 10.7. The first-order valence-corrected chi connectivity index (χ1v) is 6.49. The lowest BCUT2D eigenvalue weighted by Crippen LogP contribution is -2.35. The van der Waals surface area contributed by atoms with Gasteiger partial charge < -0.3 is 4.89 Å². The Morgan fingerprint density at radius 2 is 1.88 bits per heavy atom. The third kappa shape index (κ3) is 2.79. The summed E-state index contributed by atoms with van der Waals surface area (Å²) in [5, 5.41) is 0. The van der Waals surface area contributed by atoms with E-state index in [9.17, 15) is 0 Å². The molecule has 17 heavy (non-hydrogen) atoms. The van der Waals surface area contributed by atoms with Crippen LogP contribution in [0.25, 0.3) is 0 Å². The molecule has 2 rings (SSSR count). The van der Waals surface area contributed by atoms with Gasteiger partial charge in [0.1, 0.15) is 6.61 Å². The highest BCUT2D eigenvalue weighted by molar-refractivity contribution is 5.36. The highest BCUT2D eigenvalue weighted by atomic mass is 17.2. The van der Waals surface area contributed by atoms with Gasteiger partial charge in [-0.05, 0) is 32.0 Å². The molecule has 3 heteroatoms. The van der Waals surface area contributed by atoms with Crippen LogP contribution < -0.4 is 4.89 Å². The minimum atomic E-state index is 0.333. The van der Waals surface area contributed by atoms with E-state index in [2.05, 4.69) is 30.9 Å². The molecule has 0 amide bonds. The standard InChI is InChI=1S/C14H21NO2/c1-3-9-15(10-4-2)13-11-16-17-14-8-6-5-7-12(13)14/h5-8,13H,3-4,9-11H2,1-2H3. The molecule has 0 saturated heterocycles. The predicted molar refractivity (Wildman–Crippen MR) is 67.9 cm³/mol. The van der Waals surface area contributed by atoms with Crippen LogP contribution in [0.2, 0.25) is 0 Å². The Balaban J connectivity index is 2.20. The van der Waals surface area contributed by atoms with Crippen molar-refractivity contribution in [1.29, 1.82) is 0 Å². The van der Waals surface area contributed by atoms with E-state index in [1.807, 2.05) is 12.1 Å². The van der Waals surface area contributed by atoms with E-state index in [1.54, 1.807) is 0 Å². The van der Waals surface area contributed by atoms with Crippen LogP contribution >= 0.6 is 0 Å². The fraction of sp³-hybridized carbons (Fsp3) is 0.571. The Kier molecular flexibility index (Phi) is 4.40. The van der Waals surface area contributed by atoms with Gasteiger partial charge >= 0.3 is 0 Å². The average molecular weight is 235 g/mol. The average Bonchev–Trinajstić information content (AvgIpc) is 2.38. The molecule has 1 aromatic rings. The second kappa shape index (κ2) is 6.03. The molecule has 1 aliphatic heterocycles. The Bertz CT molecular complexity index is 348.